The lowest BCUT2D eigenvalue weighted by Crippen LogP contribution is -2.14. The minimum absolute atomic E-state index is 0.412. The van der Waals surface area contributed by atoms with Crippen LogP contribution in [0.15, 0.2) is 24.3 Å². The summed E-state index contributed by atoms with van der Waals surface area (Å²) in [5, 5.41) is 0. The molecule has 0 saturated carbocycles. The minimum Gasteiger partial charge on any atom is -0.490 e. The standard InChI is InChI=1S/C13H19NOS/c14-7-2-4-11-3-1-5-12(9-11)15-13-6-8-16-10-13/h1,3,5,9,13H,2,4,6-8,10,14H2. The van der Waals surface area contributed by atoms with Crippen molar-refractivity contribution in [2.24, 2.45) is 5.73 Å². The van der Waals surface area contributed by atoms with Gasteiger partial charge in [-0.1, -0.05) is 12.1 Å². The summed E-state index contributed by atoms with van der Waals surface area (Å²) in [7, 11) is 0. The van der Waals surface area contributed by atoms with Crippen LogP contribution in [0.3, 0.4) is 0 Å². The molecule has 0 spiro atoms. The number of nitrogens with two attached hydrogens (primary N) is 1. The van der Waals surface area contributed by atoms with Crippen molar-refractivity contribution in [3.8, 4) is 5.75 Å². The normalized spacial score (nSPS) is 19.9. The highest BCUT2D eigenvalue weighted by Crippen LogP contribution is 2.23. The van der Waals surface area contributed by atoms with Crippen molar-refractivity contribution in [1.82, 2.24) is 0 Å². The molecule has 1 fully saturated rings. The molecule has 1 aromatic rings. The van der Waals surface area contributed by atoms with Crippen LogP contribution in [0.25, 0.3) is 0 Å². The van der Waals surface area contributed by atoms with Crippen molar-refractivity contribution in [2.45, 2.75) is 25.4 Å². The molecule has 0 amide bonds. The summed E-state index contributed by atoms with van der Waals surface area (Å²) < 4.78 is 5.94. The van der Waals surface area contributed by atoms with Crippen LogP contribution >= 0.6 is 11.8 Å². The smallest absolute Gasteiger partial charge is 0.120 e. The molecule has 1 unspecified atom stereocenters. The fourth-order valence-corrected chi connectivity index (χ4v) is 2.97. The molecule has 3 heteroatoms. The van der Waals surface area contributed by atoms with Crippen LogP contribution in [0.2, 0.25) is 0 Å². The van der Waals surface area contributed by atoms with Gasteiger partial charge in [0, 0.05) is 5.75 Å². The number of rotatable bonds is 5. The molecule has 16 heavy (non-hydrogen) atoms. The third-order valence-electron chi connectivity index (χ3n) is 2.76. The van der Waals surface area contributed by atoms with Gasteiger partial charge in [0.25, 0.3) is 0 Å². The highest BCUT2D eigenvalue weighted by atomic mass is 32.2. The summed E-state index contributed by atoms with van der Waals surface area (Å²) >= 11 is 1.98. The molecule has 1 aromatic carbocycles. The van der Waals surface area contributed by atoms with Gasteiger partial charge in [0.05, 0.1) is 0 Å². The van der Waals surface area contributed by atoms with Crippen LogP contribution in [0.4, 0.5) is 0 Å². The average Bonchev–Trinajstić information content (AvgIpc) is 2.80. The molecular weight excluding hydrogens is 218 g/mol. The third kappa shape index (κ3) is 3.42. The van der Waals surface area contributed by atoms with Gasteiger partial charge >= 0.3 is 0 Å². The Morgan fingerprint density at radius 3 is 3.12 bits per heavy atom. The molecule has 0 radical (unpaired) electrons. The van der Waals surface area contributed by atoms with E-state index in [0.29, 0.717) is 6.10 Å². The summed E-state index contributed by atoms with van der Waals surface area (Å²) in [6.45, 7) is 0.754. The lowest BCUT2D eigenvalue weighted by Gasteiger charge is -2.13. The van der Waals surface area contributed by atoms with E-state index in [-0.39, 0.29) is 0 Å². The van der Waals surface area contributed by atoms with Crippen LogP contribution in [-0.2, 0) is 6.42 Å². The molecule has 1 aliphatic heterocycles. The van der Waals surface area contributed by atoms with Crippen molar-refractivity contribution < 1.29 is 4.74 Å². The second-order valence-corrected chi connectivity index (χ2v) is 5.29. The fourth-order valence-electron chi connectivity index (χ4n) is 1.88. The molecule has 1 saturated heterocycles. The quantitative estimate of drug-likeness (QED) is 0.854. The molecule has 1 aliphatic rings. The van der Waals surface area contributed by atoms with Crippen LogP contribution in [-0.4, -0.2) is 24.2 Å². The first kappa shape index (κ1) is 11.8. The summed E-state index contributed by atoms with van der Waals surface area (Å²) in [4.78, 5) is 0. The highest BCUT2D eigenvalue weighted by Gasteiger charge is 2.16. The van der Waals surface area contributed by atoms with E-state index in [1.807, 2.05) is 11.8 Å². The summed E-state index contributed by atoms with van der Waals surface area (Å²) in [6.07, 6.45) is 3.68. The topological polar surface area (TPSA) is 35.2 Å². The Morgan fingerprint density at radius 2 is 2.38 bits per heavy atom. The number of ether oxygens (including phenoxy) is 1. The number of aryl methyl sites for hydroxylation is 1. The van der Waals surface area contributed by atoms with Gasteiger partial charge in [-0.25, -0.2) is 0 Å². The van der Waals surface area contributed by atoms with Crippen molar-refractivity contribution >= 4 is 11.8 Å². The predicted octanol–water partition coefficient (Wildman–Crippen LogP) is 2.46. The monoisotopic (exact) mass is 237 g/mol. The van der Waals surface area contributed by atoms with E-state index in [9.17, 15) is 0 Å². The maximum Gasteiger partial charge on any atom is 0.120 e. The molecule has 1 atom stereocenters. The zero-order valence-electron chi connectivity index (χ0n) is 9.52. The number of thioether (sulfide) groups is 1. The Hall–Kier alpha value is -0.670. The second-order valence-electron chi connectivity index (χ2n) is 4.14. The van der Waals surface area contributed by atoms with Gasteiger partial charge in [-0.05, 0) is 49.3 Å². The average molecular weight is 237 g/mol. The lowest BCUT2D eigenvalue weighted by molar-refractivity contribution is 0.229. The molecule has 0 aromatic heterocycles. The highest BCUT2D eigenvalue weighted by molar-refractivity contribution is 7.99. The Morgan fingerprint density at radius 1 is 1.44 bits per heavy atom. The maximum absolute atomic E-state index is 5.94. The van der Waals surface area contributed by atoms with Gasteiger partial charge in [-0.3, -0.25) is 0 Å². The molecule has 2 rings (SSSR count). The van der Waals surface area contributed by atoms with Crippen molar-refractivity contribution in [2.75, 3.05) is 18.1 Å². The van der Waals surface area contributed by atoms with Crippen molar-refractivity contribution in [1.29, 1.82) is 0 Å². The molecule has 1 heterocycles. The Balaban J connectivity index is 1.92. The largest absolute Gasteiger partial charge is 0.490 e. The van der Waals surface area contributed by atoms with E-state index in [1.54, 1.807) is 0 Å². The molecule has 2 N–H and O–H groups in total. The Labute approximate surface area is 102 Å². The number of hydrogen-bond donors (Lipinski definition) is 1. The van der Waals surface area contributed by atoms with Crippen molar-refractivity contribution in [3.63, 3.8) is 0 Å². The molecule has 0 bridgehead atoms. The summed E-state index contributed by atoms with van der Waals surface area (Å²) in [5.74, 6) is 3.38. The molecule has 88 valence electrons. The number of hydrogen-bond acceptors (Lipinski definition) is 3. The van der Waals surface area contributed by atoms with Gasteiger partial charge < -0.3 is 10.5 Å². The first-order chi connectivity index (χ1) is 7.88. The molecule has 2 nitrogen and oxygen atoms in total. The third-order valence-corrected chi connectivity index (χ3v) is 3.89. The minimum atomic E-state index is 0.412. The van der Waals surface area contributed by atoms with E-state index >= 15 is 0 Å². The van der Waals surface area contributed by atoms with Gasteiger partial charge in [0.1, 0.15) is 11.9 Å². The Bertz CT molecular complexity index is 323. The van der Waals surface area contributed by atoms with E-state index in [1.165, 1.54) is 17.7 Å². The maximum atomic E-state index is 5.94. The number of benzene rings is 1. The zero-order chi connectivity index (χ0) is 11.2. The van der Waals surface area contributed by atoms with Crippen molar-refractivity contribution in [3.05, 3.63) is 29.8 Å². The molecular formula is C13H19NOS. The van der Waals surface area contributed by atoms with Crippen LogP contribution in [0, 0.1) is 0 Å². The lowest BCUT2D eigenvalue weighted by atomic mass is 10.1. The first-order valence-corrected chi connectivity index (χ1v) is 7.07. The van der Waals surface area contributed by atoms with Crippen LogP contribution in [0.1, 0.15) is 18.4 Å². The summed E-state index contributed by atoms with van der Waals surface area (Å²) in [6, 6.07) is 8.42. The van der Waals surface area contributed by atoms with Crippen LogP contribution < -0.4 is 10.5 Å². The van der Waals surface area contributed by atoms with E-state index in [0.717, 1.165) is 30.9 Å². The zero-order valence-corrected chi connectivity index (χ0v) is 10.3. The SMILES string of the molecule is NCCCc1cccc(OC2CCSC2)c1. The fraction of sp³-hybridized carbons (Fsp3) is 0.538. The summed E-state index contributed by atoms with van der Waals surface area (Å²) in [5.41, 5.74) is 6.84. The second kappa shape index (κ2) is 6.16. The van der Waals surface area contributed by atoms with Gasteiger partial charge in [-0.15, -0.1) is 0 Å². The van der Waals surface area contributed by atoms with Crippen LogP contribution in [0.5, 0.6) is 5.75 Å². The van der Waals surface area contributed by atoms with Gasteiger partial charge in [-0.2, -0.15) is 11.8 Å². The predicted molar refractivity (Wildman–Crippen MR) is 70.2 cm³/mol. The molecule has 0 aliphatic carbocycles. The van der Waals surface area contributed by atoms with E-state index < -0.39 is 0 Å². The van der Waals surface area contributed by atoms with E-state index in [2.05, 4.69) is 24.3 Å². The van der Waals surface area contributed by atoms with Gasteiger partial charge in [0.2, 0.25) is 0 Å². The first-order valence-electron chi connectivity index (χ1n) is 5.92. The van der Waals surface area contributed by atoms with Gasteiger partial charge in [0.15, 0.2) is 0 Å². The van der Waals surface area contributed by atoms with E-state index in [4.69, 9.17) is 10.5 Å². The Kier molecular flexibility index (Phi) is 4.55.